The van der Waals surface area contributed by atoms with Crippen molar-refractivity contribution in [1.82, 2.24) is 4.31 Å². The molecule has 0 fully saturated rings. The van der Waals surface area contributed by atoms with Crippen molar-refractivity contribution in [3.05, 3.63) is 34.9 Å². The summed E-state index contributed by atoms with van der Waals surface area (Å²) in [5, 5.41) is 9.33. The van der Waals surface area contributed by atoms with Crippen LogP contribution in [-0.2, 0) is 10.0 Å². The van der Waals surface area contributed by atoms with E-state index < -0.39 is 10.0 Å². The Morgan fingerprint density at radius 1 is 1.35 bits per heavy atom. The summed E-state index contributed by atoms with van der Waals surface area (Å²) in [6, 6.07) is 6.74. The Balaban J connectivity index is 2.90. The van der Waals surface area contributed by atoms with E-state index in [4.69, 9.17) is 16.7 Å². The highest BCUT2D eigenvalue weighted by molar-refractivity contribution is 7.89. The molecule has 1 rings (SSSR count). The predicted molar refractivity (Wildman–Crippen MR) is 68.5 cm³/mol. The first-order valence-corrected chi connectivity index (χ1v) is 7.19. The van der Waals surface area contributed by atoms with Crippen molar-refractivity contribution in [3.63, 3.8) is 0 Å². The maximum Gasteiger partial charge on any atom is 0.216 e. The minimum absolute atomic E-state index is 0.262. The molecule has 0 aliphatic rings. The summed E-state index contributed by atoms with van der Waals surface area (Å²) in [4.78, 5) is 0. The van der Waals surface area contributed by atoms with Crippen molar-refractivity contribution in [3.8, 4) is 0 Å². The zero-order chi connectivity index (χ0) is 13.1. The summed E-state index contributed by atoms with van der Waals surface area (Å²) in [7, 11) is -1.91. The van der Waals surface area contributed by atoms with E-state index in [9.17, 15) is 8.42 Å². The van der Waals surface area contributed by atoms with Crippen LogP contribution in [0, 0.1) is 0 Å². The van der Waals surface area contributed by atoms with E-state index >= 15 is 0 Å². The average molecular weight is 278 g/mol. The first-order chi connectivity index (χ1) is 7.88. The van der Waals surface area contributed by atoms with Crippen LogP contribution in [0.1, 0.15) is 18.5 Å². The number of aliphatic hydroxyl groups is 1. The SMILES string of the molecule is CC(c1ccc(Cl)cc1)N(C)S(=O)(=O)CCO. The van der Waals surface area contributed by atoms with Gasteiger partial charge in [-0.2, -0.15) is 4.31 Å². The van der Waals surface area contributed by atoms with Gasteiger partial charge in [-0.15, -0.1) is 0 Å². The van der Waals surface area contributed by atoms with Crippen LogP contribution in [0.3, 0.4) is 0 Å². The quantitative estimate of drug-likeness (QED) is 0.890. The number of benzene rings is 1. The molecule has 1 aromatic carbocycles. The summed E-state index contributed by atoms with van der Waals surface area (Å²) < 4.78 is 24.8. The van der Waals surface area contributed by atoms with Gasteiger partial charge in [-0.3, -0.25) is 0 Å². The molecule has 0 amide bonds. The summed E-state index contributed by atoms with van der Waals surface area (Å²) >= 11 is 5.77. The van der Waals surface area contributed by atoms with Gasteiger partial charge in [0.2, 0.25) is 10.0 Å². The Kier molecular flexibility index (Phi) is 4.94. The van der Waals surface area contributed by atoms with E-state index in [1.165, 1.54) is 11.4 Å². The Morgan fingerprint density at radius 3 is 2.35 bits per heavy atom. The zero-order valence-corrected chi connectivity index (χ0v) is 11.4. The van der Waals surface area contributed by atoms with E-state index in [0.717, 1.165) is 5.56 Å². The summed E-state index contributed by atoms with van der Waals surface area (Å²) in [5.41, 5.74) is 0.860. The summed E-state index contributed by atoms with van der Waals surface area (Å²) in [6.07, 6.45) is 0. The Hall–Kier alpha value is -0.620. The third-order valence-electron chi connectivity index (χ3n) is 2.69. The van der Waals surface area contributed by atoms with E-state index in [1.807, 2.05) is 0 Å². The molecule has 0 aliphatic carbocycles. The van der Waals surface area contributed by atoms with Gasteiger partial charge in [0.15, 0.2) is 0 Å². The lowest BCUT2D eigenvalue weighted by Crippen LogP contribution is -2.32. The van der Waals surface area contributed by atoms with E-state index in [-0.39, 0.29) is 18.4 Å². The molecule has 1 atom stereocenters. The molecule has 1 N–H and O–H groups in total. The number of sulfonamides is 1. The molecule has 0 aromatic heterocycles. The lowest BCUT2D eigenvalue weighted by atomic mass is 10.1. The minimum Gasteiger partial charge on any atom is -0.395 e. The van der Waals surface area contributed by atoms with Crippen LogP contribution in [0.4, 0.5) is 0 Å². The van der Waals surface area contributed by atoms with Crippen LogP contribution in [0.2, 0.25) is 5.02 Å². The Labute approximate surface area is 107 Å². The number of nitrogens with zero attached hydrogens (tertiary/aromatic N) is 1. The van der Waals surface area contributed by atoms with Gasteiger partial charge in [0.25, 0.3) is 0 Å². The molecule has 4 nitrogen and oxygen atoms in total. The summed E-state index contributed by atoms with van der Waals surface area (Å²) in [5.74, 6) is -0.262. The van der Waals surface area contributed by atoms with Crippen LogP contribution < -0.4 is 0 Å². The van der Waals surface area contributed by atoms with Gasteiger partial charge in [-0.1, -0.05) is 23.7 Å². The maximum absolute atomic E-state index is 11.8. The Morgan fingerprint density at radius 2 is 1.88 bits per heavy atom. The average Bonchev–Trinajstić information content (AvgIpc) is 2.28. The molecular weight excluding hydrogens is 262 g/mol. The second kappa shape index (κ2) is 5.82. The third-order valence-corrected chi connectivity index (χ3v) is 4.83. The summed E-state index contributed by atoms with van der Waals surface area (Å²) in [6.45, 7) is 1.41. The first kappa shape index (κ1) is 14.4. The third kappa shape index (κ3) is 3.67. The second-order valence-corrected chi connectivity index (χ2v) is 6.37. The molecule has 0 saturated carbocycles. The van der Waals surface area contributed by atoms with Crippen LogP contribution in [0.25, 0.3) is 0 Å². The molecule has 0 bridgehead atoms. The topological polar surface area (TPSA) is 57.6 Å². The van der Waals surface area contributed by atoms with E-state index in [0.29, 0.717) is 5.02 Å². The number of rotatable bonds is 5. The molecule has 0 aliphatic heterocycles. The standard InChI is InChI=1S/C11H16ClNO3S/c1-9(10-3-5-11(12)6-4-10)13(2)17(15,16)8-7-14/h3-6,9,14H,7-8H2,1-2H3. The number of aliphatic hydroxyl groups excluding tert-OH is 1. The first-order valence-electron chi connectivity index (χ1n) is 5.20. The highest BCUT2D eigenvalue weighted by atomic mass is 35.5. The number of hydrogen-bond acceptors (Lipinski definition) is 3. The fraction of sp³-hybridized carbons (Fsp3) is 0.455. The lowest BCUT2D eigenvalue weighted by Gasteiger charge is -2.24. The minimum atomic E-state index is -3.42. The zero-order valence-electron chi connectivity index (χ0n) is 9.80. The molecule has 1 unspecified atom stereocenters. The molecule has 17 heavy (non-hydrogen) atoms. The van der Waals surface area contributed by atoms with E-state index in [2.05, 4.69) is 0 Å². The molecule has 0 spiro atoms. The van der Waals surface area contributed by atoms with Gasteiger partial charge >= 0.3 is 0 Å². The van der Waals surface area contributed by atoms with Crippen LogP contribution in [-0.4, -0.2) is 37.2 Å². The van der Waals surface area contributed by atoms with Gasteiger partial charge in [0.05, 0.1) is 12.4 Å². The predicted octanol–water partition coefficient (Wildman–Crippen LogP) is 1.65. The van der Waals surface area contributed by atoms with Crippen molar-refractivity contribution < 1.29 is 13.5 Å². The molecular formula is C11H16ClNO3S. The van der Waals surface area contributed by atoms with Crippen molar-refractivity contribution >= 4 is 21.6 Å². The van der Waals surface area contributed by atoms with Crippen LogP contribution in [0.15, 0.2) is 24.3 Å². The van der Waals surface area contributed by atoms with Crippen LogP contribution in [0.5, 0.6) is 0 Å². The largest absolute Gasteiger partial charge is 0.395 e. The second-order valence-electron chi connectivity index (χ2n) is 3.78. The van der Waals surface area contributed by atoms with Crippen molar-refractivity contribution in [2.75, 3.05) is 19.4 Å². The van der Waals surface area contributed by atoms with E-state index in [1.54, 1.807) is 31.2 Å². The normalized spacial score (nSPS) is 13.9. The monoisotopic (exact) mass is 277 g/mol. The van der Waals surface area contributed by atoms with Gasteiger partial charge in [0.1, 0.15) is 0 Å². The van der Waals surface area contributed by atoms with Crippen molar-refractivity contribution in [2.24, 2.45) is 0 Å². The molecule has 0 radical (unpaired) electrons. The molecule has 6 heteroatoms. The molecule has 1 aromatic rings. The highest BCUT2D eigenvalue weighted by Gasteiger charge is 2.23. The van der Waals surface area contributed by atoms with Crippen LogP contribution >= 0.6 is 11.6 Å². The van der Waals surface area contributed by atoms with Gasteiger partial charge in [-0.05, 0) is 24.6 Å². The van der Waals surface area contributed by atoms with Gasteiger partial charge in [0, 0.05) is 18.1 Å². The van der Waals surface area contributed by atoms with Gasteiger partial charge < -0.3 is 5.11 Å². The highest BCUT2D eigenvalue weighted by Crippen LogP contribution is 2.23. The smallest absolute Gasteiger partial charge is 0.216 e. The lowest BCUT2D eigenvalue weighted by molar-refractivity contribution is 0.313. The van der Waals surface area contributed by atoms with Gasteiger partial charge in [-0.25, -0.2) is 8.42 Å². The fourth-order valence-corrected chi connectivity index (χ4v) is 2.70. The molecule has 0 heterocycles. The Bertz CT molecular complexity index is 458. The fourth-order valence-electron chi connectivity index (χ4n) is 1.45. The maximum atomic E-state index is 11.8. The molecule has 0 saturated heterocycles. The number of halogens is 1. The van der Waals surface area contributed by atoms with Crippen molar-refractivity contribution in [2.45, 2.75) is 13.0 Å². The number of hydrogen-bond donors (Lipinski definition) is 1. The molecule has 96 valence electrons. The van der Waals surface area contributed by atoms with Crippen molar-refractivity contribution in [1.29, 1.82) is 0 Å².